The predicted molar refractivity (Wildman–Crippen MR) is 93.1 cm³/mol. The molecular weight excluding hydrogens is 276 g/mol. The Hall–Kier alpha value is -0.510. The Balaban J connectivity index is 1.35. The van der Waals surface area contributed by atoms with Crippen molar-refractivity contribution in [3.05, 3.63) is 35.9 Å². The molecule has 0 amide bonds. The maximum Gasteiger partial charge on any atom is 0.0161 e. The van der Waals surface area contributed by atoms with Gasteiger partial charge in [-0.3, -0.25) is 0 Å². The van der Waals surface area contributed by atoms with E-state index in [1.807, 2.05) is 0 Å². The summed E-state index contributed by atoms with van der Waals surface area (Å²) < 4.78 is 0. The van der Waals surface area contributed by atoms with Gasteiger partial charge in [-0.2, -0.15) is 11.8 Å². The van der Waals surface area contributed by atoms with Crippen LogP contribution in [-0.2, 0) is 6.42 Å². The van der Waals surface area contributed by atoms with Crippen LogP contribution in [0.3, 0.4) is 0 Å². The second-order valence-electron chi connectivity index (χ2n) is 6.43. The lowest BCUT2D eigenvalue weighted by Crippen LogP contribution is -2.47. The summed E-state index contributed by atoms with van der Waals surface area (Å²) in [5, 5.41) is 3.90. The molecule has 3 heteroatoms. The zero-order valence-corrected chi connectivity index (χ0v) is 13.8. The highest BCUT2D eigenvalue weighted by Crippen LogP contribution is 2.19. The van der Waals surface area contributed by atoms with E-state index in [0.717, 1.165) is 12.1 Å². The number of nitrogens with one attached hydrogen (secondary N) is 1. The van der Waals surface area contributed by atoms with Crippen LogP contribution in [0.15, 0.2) is 30.3 Å². The van der Waals surface area contributed by atoms with Crippen molar-refractivity contribution < 1.29 is 0 Å². The van der Waals surface area contributed by atoms with Crippen LogP contribution >= 0.6 is 11.8 Å². The molecule has 21 heavy (non-hydrogen) atoms. The first kappa shape index (κ1) is 15.4. The first-order valence-corrected chi connectivity index (χ1v) is 9.66. The average molecular weight is 305 g/mol. The molecule has 0 spiro atoms. The van der Waals surface area contributed by atoms with Crippen molar-refractivity contribution in [1.82, 2.24) is 10.2 Å². The quantitative estimate of drug-likeness (QED) is 0.899. The van der Waals surface area contributed by atoms with Crippen molar-refractivity contribution >= 4 is 11.8 Å². The Morgan fingerprint density at radius 3 is 2.57 bits per heavy atom. The lowest BCUT2D eigenvalue weighted by molar-refractivity contribution is 0.193. The average Bonchev–Trinajstić information content (AvgIpc) is 2.56. The summed E-state index contributed by atoms with van der Waals surface area (Å²) >= 11 is 2.12. The summed E-state index contributed by atoms with van der Waals surface area (Å²) in [5.41, 5.74) is 1.47. The van der Waals surface area contributed by atoms with Crippen molar-refractivity contribution in [2.75, 3.05) is 31.1 Å². The van der Waals surface area contributed by atoms with Gasteiger partial charge in [-0.1, -0.05) is 30.3 Å². The van der Waals surface area contributed by atoms with Gasteiger partial charge in [0, 0.05) is 24.4 Å². The van der Waals surface area contributed by atoms with E-state index in [9.17, 15) is 0 Å². The van der Waals surface area contributed by atoms with Crippen LogP contribution in [-0.4, -0.2) is 48.1 Å². The number of hydrogen-bond acceptors (Lipinski definition) is 3. The molecule has 0 bridgehead atoms. The van der Waals surface area contributed by atoms with Gasteiger partial charge in [-0.05, 0) is 56.5 Å². The molecule has 1 unspecified atom stereocenters. The summed E-state index contributed by atoms with van der Waals surface area (Å²) in [5.74, 6) is 2.70. The molecule has 116 valence electrons. The molecular formula is C18H28N2S. The minimum absolute atomic E-state index is 0.765. The normalized spacial score (nSPS) is 25.0. The summed E-state index contributed by atoms with van der Waals surface area (Å²) in [4.78, 5) is 2.64. The number of rotatable bonds is 5. The lowest BCUT2D eigenvalue weighted by atomic mass is 10.0. The molecule has 1 aromatic rings. The lowest BCUT2D eigenvalue weighted by Gasteiger charge is -2.35. The molecule has 2 saturated heterocycles. The van der Waals surface area contributed by atoms with Gasteiger partial charge in [0.2, 0.25) is 0 Å². The van der Waals surface area contributed by atoms with E-state index in [1.54, 1.807) is 0 Å². The van der Waals surface area contributed by atoms with Crippen molar-refractivity contribution in [1.29, 1.82) is 0 Å². The topological polar surface area (TPSA) is 15.3 Å². The second-order valence-corrected chi connectivity index (χ2v) is 7.58. The maximum atomic E-state index is 3.90. The first-order valence-electron chi connectivity index (χ1n) is 8.50. The van der Waals surface area contributed by atoms with Crippen LogP contribution in [0.2, 0.25) is 0 Å². The molecule has 2 fully saturated rings. The Morgan fingerprint density at radius 1 is 1.05 bits per heavy atom. The molecule has 0 radical (unpaired) electrons. The molecule has 2 heterocycles. The number of nitrogens with zero attached hydrogens (tertiary/aromatic N) is 1. The standard InChI is InChI=1S/C18H28N2S/c1-2-5-16(6-3-1)8-11-20-12-9-17(10-13-20)19-18-7-4-14-21-15-18/h1-3,5-6,17-19H,4,7-15H2. The Bertz CT molecular complexity index is 395. The van der Waals surface area contributed by atoms with E-state index in [4.69, 9.17) is 0 Å². The molecule has 0 saturated carbocycles. The summed E-state index contributed by atoms with van der Waals surface area (Å²) in [6.45, 7) is 3.75. The van der Waals surface area contributed by atoms with E-state index in [-0.39, 0.29) is 0 Å². The van der Waals surface area contributed by atoms with Crippen molar-refractivity contribution in [2.45, 2.75) is 44.2 Å². The smallest absolute Gasteiger partial charge is 0.0161 e. The Morgan fingerprint density at radius 2 is 1.86 bits per heavy atom. The number of piperidine rings is 1. The Kier molecular flexibility index (Phi) is 6.02. The first-order chi connectivity index (χ1) is 10.4. The fraction of sp³-hybridized carbons (Fsp3) is 0.667. The third-order valence-electron chi connectivity index (χ3n) is 4.78. The molecule has 1 aromatic carbocycles. The van der Waals surface area contributed by atoms with Gasteiger partial charge in [0.25, 0.3) is 0 Å². The molecule has 1 atom stereocenters. The molecule has 3 rings (SSSR count). The summed E-state index contributed by atoms with van der Waals surface area (Å²) in [7, 11) is 0. The molecule has 1 N–H and O–H groups in total. The number of hydrogen-bond donors (Lipinski definition) is 1. The van der Waals surface area contributed by atoms with Crippen LogP contribution in [0, 0.1) is 0 Å². The molecule has 2 aliphatic rings. The zero-order valence-electron chi connectivity index (χ0n) is 13.0. The van der Waals surface area contributed by atoms with Crippen LogP contribution in [0.25, 0.3) is 0 Å². The monoisotopic (exact) mass is 304 g/mol. The fourth-order valence-electron chi connectivity index (χ4n) is 3.46. The number of thioether (sulfide) groups is 1. The minimum Gasteiger partial charge on any atom is -0.310 e. The molecule has 2 nitrogen and oxygen atoms in total. The number of likely N-dealkylation sites (tertiary alicyclic amines) is 1. The summed E-state index contributed by atoms with van der Waals surface area (Å²) in [6.07, 6.45) is 6.64. The van der Waals surface area contributed by atoms with E-state index in [0.29, 0.717) is 0 Å². The third-order valence-corrected chi connectivity index (χ3v) is 5.99. The molecule has 2 aliphatic heterocycles. The third kappa shape index (κ3) is 5.01. The van der Waals surface area contributed by atoms with Crippen LogP contribution in [0.5, 0.6) is 0 Å². The van der Waals surface area contributed by atoms with Gasteiger partial charge >= 0.3 is 0 Å². The zero-order chi connectivity index (χ0) is 14.3. The fourth-order valence-corrected chi connectivity index (χ4v) is 4.55. The van der Waals surface area contributed by atoms with E-state index in [1.165, 1.54) is 68.8 Å². The van der Waals surface area contributed by atoms with Gasteiger partial charge in [-0.15, -0.1) is 0 Å². The van der Waals surface area contributed by atoms with E-state index in [2.05, 4.69) is 52.3 Å². The van der Waals surface area contributed by atoms with Gasteiger partial charge in [0.15, 0.2) is 0 Å². The second kappa shape index (κ2) is 8.21. The van der Waals surface area contributed by atoms with Crippen molar-refractivity contribution in [3.8, 4) is 0 Å². The van der Waals surface area contributed by atoms with Gasteiger partial charge in [0.05, 0.1) is 0 Å². The molecule has 0 aromatic heterocycles. The van der Waals surface area contributed by atoms with E-state index >= 15 is 0 Å². The van der Waals surface area contributed by atoms with Gasteiger partial charge in [0.1, 0.15) is 0 Å². The van der Waals surface area contributed by atoms with Gasteiger partial charge in [-0.25, -0.2) is 0 Å². The molecule has 0 aliphatic carbocycles. The highest BCUT2D eigenvalue weighted by Gasteiger charge is 2.22. The van der Waals surface area contributed by atoms with Gasteiger partial charge < -0.3 is 10.2 Å². The predicted octanol–water partition coefficient (Wildman–Crippen LogP) is 3.18. The van der Waals surface area contributed by atoms with Crippen molar-refractivity contribution in [3.63, 3.8) is 0 Å². The van der Waals surface area contributed by atoms with Crippen LogP contribution < -0.4 is 5.32 Å². The van der Waals surface area contributed by atoms with Crippen LogP contribution in [0.4, 0.5) is 0 Å². The minimum atomic E-state index is 0.765. The highest BCUT2D eigenvalue weighted by atomic mass is 32.2. The number of benzene rings is 1. The summed E-state index contributed by atoms with van der Waals surface area (Å²) in [6, 6.07) is 12.4. The highest BCUT2D eigenvalue weighted by molar-refractivity contribution is 7.99. The van der Waals surface area contributed by atoms with Crippen molar-refractivity contribution in [2.24, 2.45) is 0 Å². The van der Waals surface area contributed by atoms with Crippen LogP contribution in [0.1, 0.15) is 31.2 Å². The Labute approximate surface area is 133 Å². The maximum absolute atomic E-state index is 3.90. The SMILES string of the molecule is c1ccc(CCN2CCC(NC3CCCSC3)CC2)cc1. The largest absolute Gasteiger partial charge is 0.310 e. The van der Waals surface area contributed by atoms with E-state index < -0.39 is 0 Å².